The summed E-state index contributed by atoms with van der Waals surface area (Å²) in [5.41, 5.74) is -0.592. The highest BCUT2D eigenvalue weighted by molar-refractivity contribution is 5.69. The molecule has 1 heterocycles. The summed E-state index contributed by atoms with van der Waals surface area (Å²) in [7, 11) is 0. The van der Waals surface area contributed by atoms with Crippen molar-refractivity contribution in [1.29, 1.82) is 0 Å². The Bertz CT molecular complexity index is 239. The molecule has 1 rings (SSSR count). The molecule has 5 heteroatoms. The first-order chi connectivity index (χ1) is 6.83. The molecule has 0 saturated carbocycles. The molecule has 0 aromatic rings. The van der Waals surface area contributed by atoms with Crippen LogP contribution in [0.5, 0.6) is 0 Å². The maximum Gasteiger partial charge on any atom is 0.410 e. The third kappa shape index (κ3) is 3.34. The van der Waals surface area contributed by atoms with E-state index in [4.69, 9.17) is 4.74 Å². The normalized spacial score (nSPS) is 26.9. The third-order valence-corrected chi connectivity index (χ3v) is 2.20. The van der Waals surface area contributed by atoms with Crippen molar-refractivity contribution in [2.24, 2.45) is 0 Å². The predicted octanol–water partition coefficient (Wildman–Crippen LogP) is 1.33. The first kappa shape index (κ1) is 12.2. The SMILES string of the molecule is CC(C)(C)OC(=O)N1C[C@@H](O)C[C@H]1CF. The Labute approximate surface area is 89.0 Å². The van der Waals surface area contributed by atoms with E-state index < -0.39 is 30.5 Å². The van der Waals surface area contributed by atoms with Gasteiger partial charge in [-0.2, -0.15) is 0 Å². The summed E-state index contributed by atoms with van der Waals surface area (Å²) in [6.07, 6.45) is -0.907. The molecule has 0 spiro atoms. The summed E-state index contributed by atoms with van der Waals surface area (Å²) >= 11 is 0. The van der Waals surface area contributed by atoms with Crippen molar-refractivity contribution >= 4 is 6.09 Å². The van der Waals surface area contributed by atoms with Crippen LogP contribution in [0, 0.1) is 0 Å². The number of β-amino-alcohol motifs (C(OH)–C–C–N with tert-alkyl or cyclic N) is 1. The van der Waals surface area contributed by atoms with E-state index in [1.807, 2.05) is 0 Å². The van der Waals surface area contributed by atoms with Crippen LogP contribution in [0.1, 0.15) is 27.2 Å². The highest BCUT2D eigenvalue weighted by atomic mass is 19.1. The Kier molecular flexibility index (Phi) is 3.54. The second-order valence-electron chi connectivity index (χ2n) is 4.83. The molecule has 0 aromatic heterocycles. The summed E-state index contributed by atoms with van der Waals surface area (Å²) in [6.45, 7) is 4.77. The number of hydrogen-bond acceptors (Lipinski definition) is 3. The Balaban J connectivity index is 2.59. The fourth-order valence-corrected chi connectivity index (χ4v) is 1.58. The Morgan fingerprint density at radius 1 is 1.60 bits per heavy atom. The molecule has 0 radical (unpaired) electrons. The van der Waals surface area contributed by atoms with Gasteiger partial charge in [-0.15, -0.1) is 0 Å². The largest absolute Gasteiger partial charge is 0.444 e. The number of rotatable bonds is 1. The number of aliphatic hydroxyl groups is 1. The molecule has 88 valence electrons. The van der Waals surface area contributed by atoms with E-state index in [9.17, 15) is 14.3 Å². The molecule has 1 amide bonds. The number of aliphatic hydroxyl groups excluding tert-OH is 1. The van der Waals surface area contributed by atoms with Crippen LogP contribution in [0.25, 0.3) is 0 Å². The monoisotopic (exact) mass is 219 g/mol. The highest BCUT2D eigenvalue weighted by Gasteiger charge is 2.36. The third-order valence-electron chi connectivity index (χ3n) is 2.20. The smallest absolute Gasteiger partial charge is 0.410 e. The van der Waals surface area contributed by atoms with Gasteiger partial charge in [0.05, 0.1) is 18.7 Å². The van der Waals surface area contributed by atoms with Crippen LogP contribution in [0.2, 0.25) is 0 Å². The summed E-state index contributed by atoms with van der Waals surface area (Å²) in [5, 5.41) is 9.33. The molecule has 0 unspecified atom stereocenters. The molecule has 1 fully saturated rings. The van der Waals surface area contributed by atoms with Gasteiger partial charge in [-0.3, -0.25) is 4.90 Å². The van der Waals surface area contributed by atoms with E-state index in [1.165, 1.54) is 4.90 Å². The van der Waals surface area contributed by atoms with Gasteiger partial charge >= 0.3 is 6.09 Å². The fraction of sp³-hybridized carbons (Fsp3) is 0.900. The van der Waals surface area contributed by atoms with Crippen molar-refractivity contribution in [3.8, 4) is 0 Å². The first-order valence-corrected chi connectivity index (χ1v) is 5.07. The number of halogens is 1. The average molecular weight is 219 g/mol. The summed E-state index contributed by atoms with van der Waals surface area (Å²) < 4.78 is 17.7. The van der Waals surface area contributed by atoms with E-state index in [-0.39, 0.29) is 13.0 Å². The summed E-state index contributed by atoms with van der Waals surface area (Å²) in [5.74, 6) is 0. The van der Waals surface area contributed by atoms with Crippen molar-refractivity contribution in [2.75, 3.05) is 13.2 Å². The molecule has 1 N–H and O–H groups in total. The van der Waals surface area contributed by atoms with Gasteiger partial charge in [0, 0.05) is 0 Å². The van der Waals surface area contributed by atoms with Crippen molar-refractivity contribution < 1.29 is 19.0 Å². The molecule has 15 heavy (non-hydrogen) atoms. The van der Waals surface area contributed by atoms with Gasteiger partial charge in [0.25, 0.3) is 0 Å². The fourth-order valence-electron chi connectivity index (χ4n) is 1.58. The Hall–Kier alpha value is -0.840. The zero-order valence-electron chi connectivity index (χ0n) is 9.36. The van der Waals surface area contributed by atoms with Crippen LogP contribution in [0.3, 0.4) is 0 Å². The average Bonchev–Trinajstić information content (AvgIpc) is 2.43. The topological polar surface area (TPSA) is 49.8 Å². The maximum absolute atomic E-state index is 12.6. The Morgan fingerprint density at radius 3 is 2.67 bits per heavy atom. The minimum absolute atomic E-state index is 0.156. The Morgan fingerprint density at radius 2 is 2.20 bits per heavy atom. The standard InChI is InChI=1S/C10H18FNO3/c1-10(2,3)15-9(14)12-6-8(13)4-7(12)5-11/h7-8,13H,4-6H2,1-3H3/t7-,8-/m0/s1. The van der Waals surface area contributed by atoms with Crippen molar-refractivity contribution in [3.05, 3.63) is 0 Å². The molecule has 0 aromatic carbocycles. The number of hydrogen-bond donors (Lipinski definition) is 1. The lowest BCUT2D eigenvalue weighted by molar-refractivity contribution is 0.0191. The zero-order valence-corrected chi connectivity index (χ0v) is 9.36. The molecule has 1 saturated heterocycles. The zero-order chi connectivity index (χ0) is 11.6. The summed E-state index contributed by atoms with van der Waals surface area (Å²) in [4.78, 5) is 12.9. The van der Waals surface area contributed by atoms with Crippen molar-refractivity contribution in [1.82, 2.24) is 4.90 Å². The number of amides is 1. The van der Waals surface area contributed by atoms with Gasteiger partial charge < -0.3 is 9.84 Å². The first-order valence-electron chi connectivity index (χ1n) is 5.07. The molecular formula is C10H18FNO3. The number of carbonyl (C=O) groups excluding carboxylic acids is 1. The molecule has 1 aliphatic heterocycles. The van der Waals surface area contributed by atoms with Crippen LogP contribution in [0.15, 0.2) is 0 Å². The van der Waals surface area contributed by atoms with Crippen LogP contribution in [-0.2, 0) is 4.74 Å². The number of nitrogens with zero attached hydrogens (tertiary/aromatic N) is 1. The highest BCUT2D eigenvalue weighted by Crippen LogP contribution is 2.21. The van der Waals surface area contributed by atoms with Gasteiger partial charge in [-0.05, 0) is 27.2 Å². The van der Waals surface area contributed by atoms with E-state index >= 15 is 0 Å². The van der Waals surface area contributed by atoms with Gasteiger partial charge in [0.15, 0.2) is 0 Å². The van der Waals surface area contributed by atoms with Crippen LogP contribution in [0.4, 0.5) is 9.18 Å². The number of ether oxygens (including phenoxy) is 1. The van der Waals surface area contributed by atoms with E-state index in [0.717, 1.165) is 0 Å². The van der Waals surface area contributed by atoms with E-state index in [1.54, 1.807) is 20.8 Å². The van der Waals surface area contributed by atoms with E-state index in [0.29, 0.717) is 0 Å². The lowest BCUT2D eigenvalue weighted by Gasteiger charge is -2.27. The van der Waals surface area contributed by atoms with Crippen LogP contribution in [-0.4, -0.2) is 47.1 Å². The number of likely N-dealkylation sites (tertiary alicyclic amines) is 1. The minimum atomic E-state index is -0.643. The van der Waals surface area contributed by atoms with Crippen LogP contribution < -0.4 is 0 Å². The molecule has 0 aliphatic carbocycles. The lowest BCUT2D eigenvalue weighted by Crippen LogP contribution is -2.41. The van der Waals surface area contributed by atoms with Gasteiger partial charge in [-0.25, -0.2) is 9.18 Å². The lowest BCUT2D eigenvalue weighted by atomic mass is 10.2. The van der Waals surface area contributed by atoms with Gasteiger partial charge in [0.2, 0.25) is 0 Å². The quantitative estimate of drug-likeness (QED) is 0.723. The summed E-state index contributed by atoms with van der Waals surface area (Å²) in [6, 6.07) is -0.546. The number of carbonyl (C=O) groups is 1. The van der Waals surface area contributed by atoms with Crippen LogP contribution >= 0.6 is 0 Å². The van der Waals surface area contributed by atoms with Crippen molar-refractivity contribution in [2.45, 2.75) is 44.9 Å². The van der Waals surface area contributed by atoms with Crippen molar-refractivity contribution in [3.63, 3.8) is 0 Å². The second kappa shape index (κ2) is 4.35. The predicted molar refractivity (Wildman–Crippen MR) is 53.3 cm³/mol. The van der Waals surface area contributed by atoms with Gasteiger partial charge in [0.1, 0.15) is 12.3 Å². The van der Waals surface area contributed by atoms with Gasteiger partial charge in [-0.1, -0.05) is 0 Å². The molecular weight excluding hydrogens is 201 g/mol. The van der Waals surface area contributed by atoms with E-state index in [2.05, 4.69) is 0 Å². The number of alkyl halides is 1. The minimum Gasteiger partial charge on any atom is -0.444 e. The molecule has 0 bridgehead atoms. The molecule has 1 aliphatic rings. The second-order valence-corrected chi connectivity index (χ2v) is 4.83. The molecule has 2 atom stereocenters. The molecule has 4 nitrogen and oxygen atoms in total. The maximum atomic E-state index is 12.6.